The predicted molar refractivity (Wildman–Crippen MR) is 46.9 cm³/mol. The summed E-state index contributed by atoms with van der Waals surface area (Å²) in [6.07, 6.45) is 2.61. The Kier molecular flexibility index (Phi) is 5.10. The lowest BCUT2D eigenvalue weighted by Gasteiger charge is -2.24. The molecular weight excluding hydrogens is 126 g/mol. The van der Waals surface area contributed by atoms with Gasteiger partial charge in [-0.3, -0.25) is 0 Å². The summed E-state index contributed by atoms with van der Waals surface area (Å²) in [4.78, 5) is 2.53. The van der Waals surface area contributed by atoms with Crippen LogP contribution in [0.25, 0.3) is 0 Å². The van der Waals surface area contributed by atoms with E-state index in [-0.39, 0.29) is 0 Å². The van der Waals surface area contributed by atoms with Gasteiger partial charge in [-0.05, 0) is 26.1 Å². The molecule has 0 aromatic carbocycles. The number of nitrogens with zero attached hydrogens (tertiary/aromatic N) is 1. The Morgan fingerprint density at radius 1 is 1.44 bits per heavy atom. The molecule has 0 radical (unpaired) electrons. The molecule has 0 spiro atoms. The summed E-state index contributed by atoms with van der Waals surface area (Å²) in [6.45, 7) is 8.02. The highest BCUT2D eigenvalue weighted by molar-refractivity contribution is 6.08. The molecule has 0 heterocycles. The molecule has 0 saturated heterocycles. The zero-order valence-electron chi connectivity index (χ0n) is 7.15. The second-order valence-corrected chi connectivity index (χ2v) is 3.11. The van der Waals surface area contributed by atoms with E-state index < -0.39 is 0 Å². The molecule has 1 nitrogen and oxygen atoms in total. The van der Waals surface area contributed by atoms with Gasteiger partial charge in [-0.15, -0.1) is 0 Å². The Labute approximate surface area is 61.9 Å². The highest BCUT2D eigenvalue weighted by Gasteiger charge is 2.05. The molecule has 1 unspecified atom stereocenters. The monoisotopic (exact) mass is 145 g/mol. The molecule has 2 heteroatoms. The van der Waals surface area contributed by atoms with E-state index in [0.29, 0.717) is 0 Å². The zero-order chi connectivity index (χ0) is 7.28. The minimum absolute atomic E-state index is 0.799. The lowest BCUT2D eigenvalue weighted by atomic mass is 10.2. The Hall–Kier alpha value is 0.177. The number of hydrogen-bond donors (Lipinski definition) is 0. The van der Waals surface area contributed by atoms with Crippen molar-refractivity contribution < 1.29 is 0 Å². The SMILES string of the molecule is CCC(C)N(CC)C[SiH3]. The van der Waals surface area contributed by atoms with Crippen LogP contribution in [0.3, 0.4) is 0 Å². The minimum Gasteiger partial charge on any atom is -0.305 e. The Morgan fingerprint density at radius 2 is 2.00 bits per heavy atom. The van der Waals surface area contributed by atoms with Gasteiger partial charge in [-0.2, -0.15) is 0 Å². The Balaban J connectivity index is 3.50. The van der Waals surface area contributed by atoms with Gasteiger partial charge in [0.15, 0.2) is 0 Å². The molecule has 0 aliphatic heterocycles. The van der Waals surface area contributed by atoms with E-state index >= 15 is 0 Å². The first-order valence-electron chi connectivity index (χ1n) is 4.00. The van der Waals surface area contributed by atoms with Gasteiger partial charge in [-0.25, -0.2) is 0 Å². The molecule has 0 rings (SSSR count). The summed E-state index contributed by atoms with van der Waals surface area (Å²) in [7, 11) is 1.31. The van der Waals surface area contributed by atoms with Crippen molar-refractivity contribution in [1.82, 2.24) is 4.90 Å². The van der Waals surface area contributed by atoms with Crippen LogP contribution < -0.4 is 0 Å². The van der Waals surface area contributed by atoms with E-state index in [0.717, 1.165) is 6.04 Å². The van der Waals surface area contributed by atoms with Gasteiger partial charge in [0.05, 0.1) is 0 Å². The first kappa shape index (κ1) is 9.18. The highest BCUT2D eigenvalue weighted by Crippen LogP contribution is 1.99. The average Bonchev–Trinajstić information content (AvgIpc) is 1.90. The van der Waals surface area contributed by atoms with Gasteiger partial charge >= 0.3 is 0 Å². The van der Waals surface area contributed by atoms with E-state index in [1.165, 1.54) is 29.4 Å². The maximum atomic E-state index is 2.53. The summed E-state index contributed by atoms with van der Waals surface area (Å²) >= 11 is 0. The minimum atomic E-state index is 0.799. The predicted octanol–water partition coefficient (Wildman–Crippen LogP) is 0.430. The summed E-state index contributed by atoms with van der Waals surface area (Å²) < 4.78 is 0. The third-order valence-electron chi connectivity index (χ3n) is 2.03. The van der Waals surface area contributed by atoms with E-state index in [1.54, 1.807) is 0 Å². The smallest absolute Gasteiger partial charge is 0.0205 e. The molecule has 0 aromatic heterocycles. The van der Waals surface area contributed by atoms with E-state index in [4.69, 9.17) is 0 Å². The molecule has 0 N–H and O–H groups in total. The fourth-order valence-electron chi connectivity index (χ4n) is 1.11. The van der Waals surface area contributed by atoms with Gasteiger partial charge in [0.2, 0.25) is 0 Å². The third-order valence-corrected chi connectivity index (χ3v) is 2.84. The topological polar surface area (TPSA) is 3.24 Å². The molecule has 0 aromatic rings. The summed E-state index contributed by atoms with van der Waals surface area (Å²) in [5, 5.41) is 0. The van der Waals surface area contributed by atoms with Crippen molar-refractivity contribution in [1.29, 1.82) is 0 Å². The molecule has 0 amide bonds. The van der Waals surface area contributed by atoms with Gasteiger partial charge < -0.3 is 4.90 Å². The van der Waals surface area contributed by atoms with Crippen LogP contribution in [-0.4, -0.2) is 33.9 Å². The fraction of sp³-hybridized carbons (Fsp3) is 1.00. The number of rotatable bonds is 4. The van der Waals surface area contributed by atoms with Crippen molar-refractivity contribution in [2.45, 2.75) is 33.2 Å². The van der Waals surface area contributed by atoms with Crippen LogP contribution in [-0.2, 0) is 0 Å². The second kappa shape index (κ2) is 5.00. The second-order valence-electron chi connectivity index (χ2n) is 2.48. The summed E-state index contributed by atoms with van der Waals surface area (Å²) in [5.41, 5.74) is 0. The molecule has 1 atom stereocenters. The molecule has 56 valence electrons. The highest BCUT2D eigenvalue weighted by atomic mass is 28.1. The normalized spacial score (nSPS) is 14.7. The first-order chi connectivity index (χ1) is 4.26. The van der Waals surface area contributed by atoms with Crippen molar-refractivity contribution >= 4 is 10.2 Å². The van der Waals surface area contributed by atoms with E-state index in [9.17, 15) is 0 Å². The van der Waals surface area contributed by atoms with Gasteiger partial charge in [0.25, 0.3) is 0 Å². The lowest BCUT2D eigenvalue weighted by molar-refractivity contribution is 0.251. The molecule has 0 saturated carbocycles. The Bertz CT molecular complexity index is 61.9. The third kappa shape index (κ3) is 3.01. The van der Waals surface area contributed by atoms with Crippen molar-refractivity contribution in [3.8, 4) is 0 Å². The summed E-state index contributed by atoms with van der Waals surface area (Å²) in [5.74, 6) is 0. The largest absolute Gasteiger partial charge is 0.305 e. The van der Waals surface area contributed by atoms with Crippen molar-refractivity contribution in [2.24, 2.45) is 0 Å². The number of hydrogen-bond acceptors (Lipinski definition) is 1. The maximum Gasteiger partial charge on any atom is 0.0205 e. The van der Waals surface area contributed by atoms with Crippen molar-refractivity contribution in [3.05, 3.63) is 0 Å². The fourth-order valence-corrected chi connectivity index (χ4v) is 2.18. The van der Waals surface area contributed by atoms with Crippen LogP contribution in [0.1, 0.15) is 27.2 Å². The van der Waals surface area contributed by atoms with Crippen molar-refractivity contribution in [2.75, 3.05) is 12.7 Å². The molecule has 9 heavy (non-hydrogen) atoms. The summed E-state index contributed by atoms with van der Waals surface area (Å²) in [6, 6.07) is 0.799. The molecule has 0 aliphatic carbocycles. The standard InChI is InChI=1S/C7H19NSi/c1-4-7(3)8(5-2)6-9/h7H,4-6H2,1-3,9H3. The first-order valence-corrected chi connectivity index (χ1v) is 5.41. The molecular formula is C7H19NSi. The molecule has 0 aliphatic rings. The van der Waals surface area contributed by atoms with Crippen LogP contribution >= 0.6 is 0 Å². The van der Waals surface area contributed by atoms with Gasteiger partial charge in [-0.1, -0.05) is 13.8 Å². The quantitative estimate of drug-likeness (QED) is 0.519. The lowest BCUT2D eigenvalue weighted by Crippen LogP contribution is -2.33. The van der Waals surface area contributed by atoms with Crippen LogP contribution in [0.4, 0.5) is 0 Å². The van der Waals surface area contributed by atoms with Crippen molar-refractivity contribution in [3.63, 3.8) is 0 Å². The van der Waals surface area contributed by atoms with Gasteiger partial charge in [0, 0.05) is 16.3 Å². The Morgan fingerprint density at radius 3 is 2.11 bits per heavy atom. The van der Waals surface area contributed by atoms with Crippen LogP contribution in [0.5, 0.6) is 0 Å². The van der Waals surface area contributed by atoms with Crippen LogP contribution in [0.15, 0.2) is 0 Å². The van der Waals surface area contributed by atoms with E-state index in [1.807, 2.05) is 0 Å². The van der Waals surface area contributed by atoms with Crippen LogP contribution in [0, 0.1) is 0 Å². The maximum absolute atomic E-state index is 2.53. The molecule has 0 bridgehead atoms. The zero-order valence-corrected chi connectivity index (χ0v) is 9.15. The van der Waals surface area contributed by atoms with Gasteiger partial charge in [0.1, 0.15) is 0 Å². The van der Waals surface area contributed by atoms with E-state index in [2.05, 4.69) is 25.7 Å². The average molecular weight is 145 g/mol. The van der Waals surface area contributed by atoms with Crippen LogP contribution in [0.2, 0.25) is 0 Å². The molecule has 0 fully saturated rings.